The Hall–Kier alpha value is -1.45. The van der Waals surface area contributed by atoms with Crippen molar-refractivity contribution < 1.29 is 118 Å². The Bertz CT molecular complexity index is 1100. The fraction of sp³-hybridized carbons (Fsp3) is 0.981. The second-order valence-electron chi connectivity index (χ2n) is 16.8. The van der Waals surface area contributed by atoms with Gasteiger partial charge in [-0.15, -0.1) is 0 Å². The van der Waals surface area contributed by atoms with Crippen LogP contribution in [0, 0.1) is 0 Å². The average Bonchev–Trinajstić information content (AvgIpc) is 3.41. The predicted octanol–water partition coefficient (Wildman–Crippen LogP) is 1.73. The number of carbonyl (C=O) groups excluding carboxylic acids is 1. The van der Waals surface area contributed by atoms with Gasteiger partial charge in [0.1, 0.15) is 5.60 Å². The van der Waals surface area contributed by atoms with Gasteiger partial charge in [0.2, 0.25) is 0 Å². The lowest BCUT2D eigenvalue weighted by Crippen LogP contribution is -2.24. The molecular weight excluding hydrogens is 1020 g/mol. The molecule has 0 amide bonds. The molecule has 0 atom stereocenters. The van der Waals surface area contributed by atoms with E-state index in [4.69, 9.17) is 114 Å². The molecule has 0 aromatic heterocycles. The third kappa shape index (κ3) is 72.5. The molecule has 0 bridgehead atoms. The van der Waals surface area contributed by atoms with Crippen molar-refractivity contribution >= 4 is 5.97 Å². The molecule has 0 aromatic rings. The zero-order chi connectivity index (χ0) is 55.6. The van der Waals surface area contributed by atoms with Gasteiger partial charge in [-0.25, -0.2) is 0 Å². The third-order valence-corrected chi connectivity index (χ3v) is 9.11. The molecule has 0 aromatic carbocycles. The zero-order valence-corrected chi connectivity index (χ0v) is 47.7. The minimum atomic E-state index is -0.483. The first-order chi connectivity index (χ1) is 38.0. The van der Waals surface area contributed by atoms with E-state index in [9.17, 15) is 4.79 Å². The van der Waals surface area contributed by atoms with Gasteiger partial charge in [0.25, 0.3) is 0 Å². The van der Waals surface area contributed by atoms with Crippen molar-refractivity contribution in [1.29, 1.82) is 0 Å². The summed E-state index contributed by atoms with van der Waals surface area (Å²) in [5, 5.41) is 0. The van der Waals surface area contributed by atoms with E-state index >= 15 is 0 Å². The van der Waals surface area contributed by atoms with Gasteiger partial charge < -0.3 is 114 Å². The van der Waals surface area contributed by atoms with E-state index in [2.05, 4.69) is 0 Å². The average molecular weight is 1130 g/mol. The molecule has 77 heavy (non-hydrogen) atoms. The fourth-order valence-electron chi connectivity index (χ4n) is 5.41. The highest BCUT2D eigenvalue weighted by Gasteiger charge is 2.15. The van der Waals surface area contributed by atoms with Gasteiger partial charge in [0.05, 0.1) is 304 Å². The summed E-state index contributed by atoms with van der Waals surface area (Å²) < 4.78 is 131. The van der Waals surface area contributed by atoms with Crippen LogP contribution in [0.3, 0.4) is 0 Å². The summed E-state index contributed by atoms with van der Waals surface area (Å²) >= 11 is 0. The maximum absolute atomic E-state index is 11.6. The summed E-state index contributed by atoms with van der Waals surface area (Å²) in [6.45, 7) is 27.5. The Labute approximate surface area is 460 Å². The number of rotatable bonds is 69. The van der Waals surface area contributed by atoms with E-state index in [-0.39, 0.29) is 12.4 Å². The number of carbonyl (C=O) groups is 1. The van der Waals surface area contributed by atoms with Crippen LogP contribution in [0.25, 0.3) is 0 Å². The molecule has 0 saturated carbocycles. The van der Waals surface area contributed by atoms with E-state index in [1.165, 1.54) is 0 Å². The zero-order valence-electron chi connectivity index (χ0n) is 47.7. The molecular formula is C52H104O25. The molecule has 0 spiro atoms. The highest BCUT2D eigenvalue weighted by Crippen LogP contribution is 2.08. The second-order valence-corrected chi connectivity index (χ2v) is 16.8. The van der Waals surface area contributed by atoms with Crippen molar-refractivity contribution in [1.82, 2.24) is 0 Å². The smallest absolute Gasteiger partial charge is 0.308 e. The van der Waals surface area contributed by atoms with E-state index in [0.717, 1.165) is 0 Å². The third-order valence-electron chi connectivity index (χ3n) is 9.11. The van der Waals surface area contributed by atoms with Gasteiger partial charge in [0.15, 0.2) is 0 Å². The topological polar surface area (TPSA) is 239 Å². The minimum Gasteiger partial charge on any atom is -0.460 e. The number of esters is 1. The molecule has 0 aliphatic rings. The Balaban J connectivity index is 3.10. The van der Waals surface area contributed by atoms with Crippen LogP contribution in [-0.4, -0.2) is 316 Å². The lowest BCUT2D eigenvalue weighted by atomic mass is 10.2. The number of methoxy groups -OCH3 is 1. The van der Waals surface area contributed by atoms with Crippen LogP contribution in [0.1, 0.15) is 27.2 Å². The molecule has 0 aliphatic carbocycles. The van der Waals surface area contributed by atoms with Gasteiger partial charge in [-0.2, -0.15) is 0 Å². The molecule has 462 valence electrons. The molecule has 0 heterocycles. The molecule has 0 radical (unpaired) electrons. The fourth-order valence-corrected chi connectivity index (χ4v) is 5.41. The highest BCUT2D eigenvalue weighted by atomic mass is 16.6. The summed E-state index contributed by atoms with van der Waals surface area (Å²) in [7, 11) is 1.64. The SMILES string of the molecule is COCCOCCOCCOCCOCCOCCOCCOCCOCCOCCOCCOCCOCCOCCOCCOCCOCCOCCOCCOCCOCCOCCOCCC(=O)OC(C)(C)C. The van der Waals surface area contributed by atoms with Crippen molar-refractivity contribution in [2.45, 2.75) is 32.8 Å². The van der Waals surface area contributed by atoms with Crippen LogP contribution in [-0.2, 0) is 118 Å². The second kappa shape index (κ2) is 67.1. The van der Waals surface area contributed by atoms with Crippen LogP contribution in [0.15, 0.2) is 0 Å². The van der Waals surface area contributed by atoms with Crippen molar-refractivity contribution in [2.24, 2.45) is 0 Å². The normalized spacial score (nSPS) is 11.9. The maximum atomic E-state index is 11.6. The highest BCUT2D eigenvalue weighted by molar-refractivity contribution is 5.69. The Morgan fingerprint density at radius 2 is 0.325 bits per heavy atom. The maximum Gasteiger partial charge on any atom is 0.308 e. The Kier molecular flexibility index (Phi) is 65.8. The summed E-state index contributed by atoms with van der Waals surface area (Å²) in [5.74, 6) is -0.270. The van der Waals surface area contributed by atoms with Gasteiger partial charge in [-0.05, 0) is 20.8 Å². The molecule has 0 unspecified atom stereocenters. The van der Waals surface area contributed by atoms with E-state index < -0.39 is 5.60 Å². The summed E-state index contributed by atoms with van der Waals surface area (Å²) in [5.41, 5.74) is -0.483. The molecule has 0 fully saturated rings. The van der Waals surface area contributed by atoms with Crippen LogP contribution < -0.4 is 0 Å². The first-order valence-electron chi connectivity index (χ1n) is 27.4. The molecule has 0 rings (SSSR count). The van der Waals surface area contributed by atoms with Gasteiger partial charge in [-0.3, -0.25) is 4.79 Å². The van der Waals surface area contributed by atoms with Crippen LogP contribution in [0.5, 0.6) is 0 Å². The number of ether oxygens (including phenoxy) is 24. The minimum absolute atomic E-state index is 0.224. The molecule has 0 N–H and O–H groups in total. The standard InChI is InChI=1S/C52H104O25/c1-52(2,3)77-51(53)5-6-55-9-10-57-13-14-59-17-18-61-21-22-63-25-26-65-29-30-67-33-34-69-37-38-71-41-42-73-45-46-75-49-50-76-48-47-74-44-43-72-40-39-70-36-35-68-32-31-66-28-27-64-24-23-62-20-19-60-16-15-58-12-11-56-8-7-54-4/h5-50H2,1-4H3. The Morgan fingerprint density at radius 1 is 0.208 bits per heavy atom. The number of hydrogen-bond acceptors (Lipinski definition) is 25. The molecule has 0 aliphatic heterocycles. The first kappa shape index (κ1) is 75.5. The van der Waals surface area contributed by atoms with E-state index in [1.807, 2.05) is 20.8 Å². The van der Waals surface area contributed by atoms with E-state index in [0.29, 0.717) is 297 Å². The van der Waals surface area contributed by atoms with Crippen LogP contribution >= 0.6 is 0 Å². The molecule has 25 heteroatoms. The quantitative estimate of drug-likeness (QED) is 0.0623. The van der Waals surface area contributed by atoms with Crippen molar-refractivity contribution in [3.8, 4) is 0 Å². The lowest BCUT2D eigenvalue weighted by Gasteiger charge is -2.19. The lowest BCUT2D eigenvalue weighted by molar-refractivity contribution is -0.156. The summed E-state index contributed by atoms with van der Waals surface area (Å²) in [6.07, 6.45) is 0.224. The van der Waals surface area contributed by atoms with Crippen LogP contribution in [0.2, 0.25) is 0 Å². The first-order valence-corrected chi connectivity index (χ1v) is 27.4. The summed E-state index contributed by atoms with van der Waals surface area (Å²) in [4.78, 5) is 11.6. The number of hydrogen-bond donors (Lipinski definition) is 0. The monoisotopic (exact) mass is 1130 g/mol. The summed E-state index contributed by atoms with van der Waals surface area (Å²) in [6, 6.07) is 0. The van der Waals surface area contributed by atoms with Crippen molar-refractivity contribution in [2.75, 3.05) is 304 Å². The predicted molar refractivity (Wildman–Crippen MR) is 280 cm³/mol. The Morgan fingerprint density at radius 3 is 0.442 bits per heavy atom. The van der Waals surface area contributed by atoms with E-state index in [1.54, 1.807) is 7.11 Å². The van der Waals surface area contributed by atoms with Gasteiger partial charge >= 0.3 is 5.97 Å². The van der Waals surface area contributed by atoms with Gasteiger partial charge in [0, 0.05) is 7.11 Å². The van der Waals surface area contributed by atoms with Crippen molar-refractivity contribution in [3.05, 3.63) is 0 Å². The van der Waals surface area contributed by atoms with Gasteiger partial charge in [-0.1, -0.05) is 0 Å². The van der Waals surface area contributed by atoms with Crippen molar-refractivity contribution in [3.63, 3.8) is 0 Å². The molecule has 25 nitrogen and oxygen atoms in total. The molecule has 0 saturated heterocycles. The van der Waals surface area contributed by atoms with Crippen LogP contribution in [0.4, 0.5) is 0 Å². The largest absolute Gasteiger partial charge is 0.460 e.